The minimum absolute atomic E-state index is 0.139. The molecule has 1 atom stereocenters. The predicted molar refractivity (Wildman–Crippen MR) is 64.1 cm³/mol. The van der Waals surface area contributed by atoms with Crippen LogP contribution in [0.3, 0.4) is 0 Å². The van der Waals surface area contributed by atoms with Crippen LogP contribution in [0.1, 0.15) is 19.8 Å². The fraction of sp³-hybridized carbons (Fsp3) is 0.909. The smallest absolute Gasteiger partial charge is 0.229 e. The zero-order chi connectivity index (χ0) is 10.7. The van der Waals surface area contributed by atoms with Crippen LogP contribution >= 0.6 is 11.8 Å². The van der Waals surface area contributed by atoms with E-state index in [-0.39, 0.29) is 5.41 Å². The molecule has 1 amide bonds. The van der Waals surface area contributed by atoms with E-state index in [2.05, 4.69) is 17.1 Å². The molecule has 0 spiro atoms. The monoisotopic (exact) mass is 228 g/mol. The van der Waals surface area contributed by atoms with Gasteiger partial charge in [-0.05, 0) is 26.3 Å². The van der Waals surface area contributed by atoms with Gasteiger partial charge in [-0.1, -0.05) is 0 Å². The minimum atomic E-state index is -0.139. The van der Waals surface area contributed by atoms with Gasteiger partial charge in [0.15, 0.2) is 0 Å². The number of hydrogen-bond acceptors (Lipinski definition) is 3. The maximum absolute atomic E-state index is 12.4. The number of nitrogens with zero attached hydrogens (tertiary/aromatic N) is 1. The molecule has 1 N–H and O–H groups in total. The van der Waals surface area contributed by atoms with Crippen molar-refractivity contribution in [2.45, 2.75) is 19.8 Å². The van der Waals surface area contributed by atoms with Crippen molar-refractivity contribution in [3.05, 3.63) is 0 Å². The summed E-state index contributed by atoms with van der Waals surface area (Å²) in [6.07, 6.45) is 2.17. The number of nitrogens with one attached hydrogen (secondary N) is 1. The second kappa shape index (κ2) is 4.74. The molecule has 2 rings (SSSR count). The molecule has 3 nitrogen and oxygen atoms in total. The molecule has 4 heteroatoms. The molecule has 86 valence electrons. The molecule has 0 saturated carbocycles. The van der Waals surface area contributed by atoms with E-state index in [9.17, 15) is 4.79 Å². The van der Waals surface area contributed by atoms with Gasteiger partial charge in [-0.2, -0.15) is 11.8 Å². The van der Waals surface area contributed by atoms with Gasteiger partial charge in [-0.3, -0.25) is 4.79 Å². The van der Waals surface area contributed by atoms with Crippen molar-refractivity contribution in [2.75, 3.05) is 37.7 Å². The maximum Gasteiger partial charge on any atom is 0.229 e. The summed E-state index contributed by atoms with van der Waals surface area (Å²) in [6, 6.07) is 0. The van der Waals surface area contributed by atoms with E-state index >= 15 is 0 Å². The molecule has 2 saturated heterocycles. The zero-order valence-corrected chi connectivity index (χ0v) is 10.2. The molecule has 1 unspecified atom stereocenters. The second-order valence-electron chi connectivity index (χ2n) is 4.75. The average molecular weight is 228 g/mol. The predicted octanol–water partition coefficient (Wildman–Crippen LogP) is 0.952. The Morgan fingerprint density at radius 3 is 2.73 bits per heavy atom. The first-order valence-corrected chi connectivity index (χ1v) is 6.96. The molecule has 0 radical (unpaired) electrons. The van der Waals surface area contributed by atoms with Gasteiger partial charge in [-0.25, -0.2) is 0 Å². The van der Waals surface area contributed by atoms with E-state index < -0.39 is 0 Å². The first-order valence-electron chi connectivity index (χ1n) is 5.80. The van der Waals surface area contributed by atoms with Gasteiger partial charge in [0.05, 0.1) is 5.41 Å². The third-order valence-electron chi connectivity index (χ3n) is 3.41. The van der Waals surface area contributed by atoms with E-state index in [0.717, 1.165) is 50.5 Å². The molecular weight excluding hydrogens is 208 g/mol. The van der Waals surface area contributed by atoms with Crippen LogP contribution in [0.15, 0.2) is 0 Å². The normalized spacial score (nSPS) is 32.7. The first-order chi connectivity index (χ1) is 7.22. The molecular formula is C11H20N2OS. The van der Waals surface area contributed by atoms with E-state index in [1.54, 1.807) is 0 Å². The lowest BCUT2D eigenvalue weighted by Gasteiger charge is -2.38. The van der Waals surface area contributed by atoms with E-state index in [1.165, 1.54) is 0 Å². The highest BCUT2D eigenvalue weighted by Gasteiger charge is 2.37. The number of carbonyl (C=O) groups excluding carboxylic acids is 1. The molecule has 2 fully saturated rings. The summed E-state index contributed by atoms with van der Waals surface area (Å²) >= 11 is 1.95. The summed E-state index contributed by atoms with van der Waals surface area (Å²) in [5, 5.41) is 3.34. The van der Waals surface area contributed by atoms with Crippen LogP contribution in [-0.2, 0) is 4.79 Å². The Labute approximate surface area is 96.0 Å². The molecule has 0 aromatic heterocycles. The zero-order valence-electron chi connectivity index (χ0n) is 9.42. The number of piperidine rings is 1. The third kappa shape index (κ3) is 2.48. The van der Waals surface area contributed by atoms with Gasteiger partial charge >= 0.3 is 0 Å². The summed E-state index contributed by atoms with van der Waals surface area (Å²) < 4.78 is 0. The lowest BCUT2D eigenvalue weighted by Crippen LogP contribution is -2.52. The minimum Gasteiger partial charge on any atom is -0.341 e. The Hall–Kier alpha value is -0.220. The van der Waals surface area contributed by atoms with Gasteiger partial charge < -0.3 is 10.2 Å². The maximum atomic E-state index is 12.4. The Balaban J connectivity index is 1.98. The molecule has 15 heavy (non-hydrogen) atoms. The summed E-state index contributed by atoms with van der Waals surface area (Å²) in [5.74, 6) is 2.58. The molecule has 2 aliphatic rings. The molecule has 0 aromatic carbocycles. The summed E-state index contributed by atoms with van der Waals surface area (Å²) in [4.78, 5) is 14.4. The van der Waals surface area contributed by atoms with Crippen LogP contribution in [0, 0.1) is 5.41 Å². The van der Waals surface area contributed by atoms with E-state index in [4.69, 9.17) is 0 Å². The number of hydrogen-bond donors (Lipinski definition) is 1. The van der Waals surface area contributed by atoms with Crippen molar-refractivity contribution in [3.8, 4) is 0 Å². The molecule has 0 bridgehead atoms. The Bertz CT molecular complexity index is 233. The van der Waals surface area contributed by atoms with E-state index in [0.29, 0.717) is 5.91 Å². The molecule has 0 aromatic rings. The molecule has 0 aliphatic carbocycles. The number of amides is 1. The topological polar surface area (TPSA) is 32.3 Å². The Morgan fingerprint density at radius 2 is 2.13 bits per heavy atom. The van der Waals surface area contributed by atoms with Gasteiger partial charge in [0.1, 0.15) is 0 Å². The standard InChI is InChI=1S/C11H20N2OS/c1-11(3-2-4-12-9-11)10(14)13-5-7-15-8-6-13/h12H,2-9H2,1H3. The van der Waals surface area contributed by atoms with Crippen LogP contribution in [0.4, 0.5) is 0 Å². The summed E-state index contributed by atoms with van der Waals surface area (Å²) in [5.41, 5.74) is -0.139. The molecule has 2 aliphatic heterocycles. The first kappa shape index (κ1) is 11.3. The van der Waals surface area contributed by atoms with Crippen LogP contribution < -0.4 is 5.32 Å². The highest BCUT2D eigenvalue weighted by molar-refractivity contribution is 7.99. The summed E-state index contributed by atoms with van der Waals surface area (Å²) in [6.45, 7) is 5.93. The largest absolute Gasteiger partial charge is 0.341 e. The average Bonchev–Trinajstić information content (AvgIpc) is 2.30. The SMILES string of the molecule is CC1(C(=O)N2CCSCC2)CCCNC1. The van der Waals surface area contributed by atoms with Crippen molar-refractivity contribution in [3.63, 3.8) is 0 Å². The highest BCUT2D eigenvalue weighted by atomic mass is 32.2. The van der Waals surface area contributed by atoms with Gasteiger partial charge in [-0.15, -0.1) is 0 Å². The lowest BCUT2D eigenvalue weighted by atomic mass is 9.81. The fourth-order valence-electron chi connectivity index (χ4n) is 2.39. The summed E-state index contributed by atoms with van der Waals surface area (Å²) in [7, 11) is 0. The van der Waals surface area contributed by atoms with Gasteiger partial charge in [0.25, 0.3) is 0 Å². The quantitative estimate of drug-likeness (QED) is 0.725. The third-order valence-corrected chi connectivity index (χ3v) is 4.35. The number of carbonyl (C=O) groups is 1. The van der Waals surface area contributed by atoms with Crippen LogP contribution in [0.5, 0.6) is 0 Å². The number of rotatable bonds is 1. The highest BCUT2D eigenvalue weighted by Crippen LogP contribution is 2.28. The van der Waals surface area contributed by atoms with Crippen molar-refractivity contribution >= 4 is 17.7 Å². The van der Waals surface area contributed by atoms with E-state index in [1.807, 2.05) is 11.8 Å². The Morgan fingerprint density at radius 1 is 1.40 bits per heavy atom. The lowest BCUT2D eigenvalue weighted by molar-refractivity contribution is -0.141. The van der Waals surface area contributed by atoms with Crippen LogP contribution in [-0.4, -0.2) is 48.5 Å². The van der Waals surface area contributed by atoms with Crippen LogP contribution in [0.2, 0.25) is 0 Å². The second-order valence-corrected chi connectivity index (χ2v) is 5.97. The Kier molecular flexibility index (Phi) is 3.57. The number of thioether (sulfide) groups is 1. The van der Waals surface area contributed by atoms with Crippen molar-refractivity contribution in [1.29, 1.82) is 0 Å². The van der Waals surface area contributed by atoms with Crippen LogP contribution in [0.25, 0.3) is 0 Å². The van der Waals surface area contributed by atoms with Crippen molar-refractivity contribution in [1.82, 2.24) is 10.2 Å². The van der Waals surface area contributed by atoms with Crippen molar-refractivity contribution < 1.29 is 4.79 Å². The van der Waals surface area contributed by atoms with Gasteiger partial charge in [0.2, 0.25) is 5.91 Å². The molecule has 2 heterocycles. The van der Waals surface area contributed by atoms with Gasteiger partial charge in [0, 0.05) is 31.1 Å². The van der Waals surface area contributed by atoms with Crippen molar-refractivity contribution in [2.24, 2.45) is 5.41 Å². The fourth-order valence-corrected chi connectivity index (χ4v) is 3.29.